The number of alkyl halides is 3. The van der Waals surface area contributed by atoms with Crippen molar-refractivity contribution in [3.05, 3.63) is 47.0 Å². The highest BCUT2D eigenvalue weighted by molar-refractivity contribution is 5.77. The summed E-state index contributed by atoms with van der Waals surface area (Å²) < 4.78 is 78.1. The van der Waals surface area contributed by atoms with E-state index in [1.807, 2.05) is 13.8 Å². The van der Waals surface area contributed by atoms with Gasteiger partial charge in [0.2, 0.25) is 11.8 Å². The summed E-state index contributed by atoms with van der Waals surface area (Å²) >= 11 is 0. The molecular weight excluding hydrogens is 504 g/mol. The lowest BCUT2D eigenvalue weighted by atomic mass is 10.0. The number of rotatable bonds is 8. The number of nitrogens with zero attached hydrogens (tertiary/aromatic N) is 2. The van der Waals surface area contributed by atoms with Crippen LogP contribution in [0.1, 0.15) is 39.2 Å². The Morgan fingerprint density at radius 1 is 1.14 bits per heavy atom. The lowest BCUT2D eigenvalue weighted by molar-refractivity contribution is -0.146. The van der Waals surface area contributed by atoms with Crippen molar-refractivity contribution < 1.29 is 35.9 Å². The van der Waals surface area contributed by atoms with E-state index in [0.29, 0.717) is 23.9 Å². The molecule has 1 aliphatic rings. The molecule has 13 heteroatoms. The van der Waals surface area contributed by atoms with Gasteiger partial charge in [0.15, 0.2) is 11.6 Å². The number of nitrogens with two attached hydrogens (primary N) is 1. The summed E-state index contributed by atoms with van der Waals surface area (Å²) in [6.45, 7) is 4.46. The molecule has 7 nitrogen and oxygen atoms in total. The first kappa shape index (κ1) is 32.1. The van der Waals surface area contributed by atoms with Crippen molar-refractivity contribution in [2.45, 2.75) is 58.3 Å². The molecule has 0 spiro atoms. The Bertz CT molecular complexity index is 941. The molecule has 0 saturated carbocycles. The number of amides is 2. The third-order valence-electron chi connectivity index (χ3n) is 5.50. The molecular formula is C24H35F6N5O2. The molecule has 37 heavy (non-hydrogen) atoms. The average molecular weight is 540 g/mol. The van der Waals surface area contributed by atoms with Crippen LogP contribution in [0.25, 0.3) is 0 Å². The smallest absolute Gasteiger partial charge is 0.393 e. The van der Waals surface area contributed by atoms with Gasteiger partial charge in [0, 0.05) is 63.5 Å². The maximum Gasteiger partial charge on any atom is 0.405 e. The molecule has 0 radical (unpaired) electrons. The topological polar surface area (TPSA) is 90.7 Å². The van der Waals surface area contributed by atoms with Crippen LogP contribution < -0.4 is 16.4 Å². The van der Waals surface area contributed by atoms with Crippen molar-refractivity contribution in [1.82, 2.24) is 20.4 Å². The fourth-order valence-corrected chi connectivity index (χ4v) is 3.55. The monoisotopic (exact) mass is 539 g/mol. The van der Waals surface area contributed by atoms with E-state index >= 15 is 0 Å². The number of carbonyl (C=O) groups is 2. The van der Waals surface area contributed by atoms with E-state index in [-0.39, 0.29) is 43.9 Å². The summed E-state index contributed by atoms with van der Waals surface area (Å²) in [5, 5.41) is 5.41. The highest BCUT2D eigenvalue weighted by Gasteiger charge is 2.34. The molecule has 2 amide bonds. The molecule has 1 heterocycles. The van der Waals surface area contributed by atoms with Gasteiger partial charge in [-0.2, -0.15) is 13.2 Å². The van der Waals surface area contributed by atoms with E-state index < -0.39 is 42.1 Å². The normalized spacial score (nSPS) is 16.6. The maximum atomic E-state index is 13.7. The van der Waals surface area contributed by atoms with Crippen molar-refractivity contribution in [2.75, 3.05) is 33.2 Å². The van der Waals surface area contributed by atoms with Gasteiger partial charge in [0.05, 0.1) is 6.54 Å². The fraction of sp³-hybridized carbons (Fsp3) is 0.583. The van der Waals surface area contributed by atoms with E-state index in [0.717, 1.165) is 11.3 Å². The first-order chi connectivity index (χ1) is 17.2. The van der Waals surface area contributed by atoms with E-state index in [2.05, 4.69) is 10.6 Å². The molecule has 210 valence electrons. The second kappa shape index (κ2) is 14.7. The van der Waals surface area contributed by atoms with Crippen molar-refractivity contribution in [3.63, 3.8) is 0 Å². The minimum Gasteiger partial charge on any atom is -0.393 e. The van der Waals surface area contributed by atoms with Crippen LogP contribution in [-0.4, -0.2) is 73.1 Å². The summed E-state index contributed by atoms with van der Waals surface area (Å²) in [6, 6.07) is 0.561. The van der Waals surface area contributed by atoms with Gasteiger partial charge in [-0.25, -0.2) is 13.2 Å². The van der Waals surface area contributed by atoms with Crippen LogP contribution in [0, 0.1) is 17.5 Å². The third kappa shape index (κ3) is 11.8. The molecule has 1 aliphatic heterocycles. The largest absolute Gasteiger partial charge is 0.405 e. The third-order valence-corrected chi connectivity index (χ3v) is 5.50. The summed E-state index contributed by atoms with van der Waals surface area (Å²) in [5.74, 6) is -3.88. The Hall–Kier alpha value is -2.96. The molecule has 2 unspecified atom stereocenters. The van der Waals surface area contributed by atoms with E-state index in [9.17, 15) is 35.9 Å². The maximum absolute atomic E-state index is 13.7. The first-order valence-corrected chi connectivity index (χ1v) is 11.8. The number of halogens is 6. The molecule has 1 fully saturated rings. The van der Waals surface area contributed by atoms with Gasteiger partial charge in [-0.05, 0) is 31.4 Å². The van der Waals surface area contributed by atoms with E-state index in [1.165, 1.54) is 25.1 Å². The van der Waals surface area contributed by atoms with Crippen molar-refractivity contribution >= 4 is 11.8 Å². The van der Waals surface area contributed by atoms with Crippen molar-refractivity contribution in [1.29, 1.82) is 0 Å². The van der Waals surface area contributed by atoms with Crippen molar-refractivity contribution in [3.8, 4) is 0 Å². The zero-order valence-electron chi connectivity index (χ0n) is 21.4. The van der Waals surface area contributed by atoms with Crippen LogP contribution in [0.4, 0.5) is 26.3 Å². The van der Waals surface area contributed by atoms with Gasteiger partial charge in [-0.15, -0.1) is 0 Å². The summed E-state index contributed by atoms with van der Waals surface area (Å²) in [4.78, 5) is 25.3. The Morgan fingerprint density at radius 2 is 1.76 bits per heavy atom. The van der Waals surface area contributed by atoms with Crippen LogP contribution in [-0.2, 0) is 16.0 Å². The van der Waals surface area contributed by atoms with Crippen LogP contribution >= 0.6 is 0 Å². The van der Waals surface area contributed by atoms with Gasteiger partial charge < -0.3 is 26.2 Å². The van der Waals surface area contributed by atoms with Crippen LogP contribution in [0.15, 0.2) is 24.0 Å². The minimum absolute atomic E-state index is 0.00813. The second-order valence-corrected chi connectivity index (χ2v) is 8.81. The number of carbonyl (C=O) groups excluding carboxylic acids is 2. The highest BCUT2D eigenvalue weighted by atomic mass is 19.4. The molecule has 0 aliphatic carbocycles. The summed E-state index contributed by atoms with van der Waals surface area (Å²) in [6.07, 6.45) is -2.40. The van der Waals surface area contributed by atoms with Crippen LogP contribution in [0.3, 0.4) is 0 Å². The number of piperazine rings is 1. The highest BCUT2D eigenvalue weighted by Crippen LogP contribution is 2.22. The molecule has 2 rings (SSSR count). The molecule has 2 atom stereocenters. The Kier molecular flexibility index (Phi) is 12.7. The quantitative estimate of drug-likeness (QED) is 0.349. The molecule has 0 aromatic heterocycles. The Balaban J connectivity index is 0.000000738. The molecule has 1 aromatic carbocycles. The molecule has 0 bridgehead atoms. The van der Waals surface area contributed by atoms with E-state index in [1.54, 1.807) is 0 Å². The summed E-state index contributed by atoms with van der Waals surface area (Å²) in [7, 11) is 1.53. The van der Waals surface area contributed by atoms with E-state index in [4.69, 9.17) is 5.73 Å². The predicted molar refractivity (Wildman–Crippen MR) is 128 cm³/mol. The Morgan fingerprint density at radius 3 is 2.27 bits per heavy atom. The standard InChI is InChI=1S/C18H22F6N4O.C6H13NO/c1-26-8-13-9-27(2-3-28(13)10-18(22,23)24)17(29)6-12(25)4-11-5-15(20)16(21)7-14(11)19;1-4-5(2)7-6(3)8/h5,7-8,12,26H,2-4,6,9-10,25H2,1H3;5H,4H2,1-3H3,(H,7,8)/b13-8-;. The van der Waals surface area contributed by atoms with Gasteiger partial charge in [-0.3, -0.25) is 9.59 Å². The first-order valence-electron chi connectivity index (χ1n) is 11.8. The summed E-state index contributed by atoms with van der Waals surface area (Å²) in [5.41, 5.74) is 6.00. The van der Waals surface area contributed by atoms with Gasteiger partial charge in [-0.1, -0.05) is 6.92 Å². The SMILES string of the molecule is CCC(C)NC(C)=O.CN/C=C1/CN(C(=O)CC(N)Cc2cc(F)c(F)cc2F)CCN1CC(F)(F)F. The van der Waals surface area contributed by atoms with Crippen LogP contribution in [0.5, 0.6) is 0 Å². The average Bonchev–Trinajstić information content (AvgIpc) is 2.77. The molecule has 4 N–H and O–H groups in total. The number of nitrogens with one attached hydrogen (secondary N) is 2. The van der Waals surface area contributed by atoms with Gasteiger partial charge in [0.25, 0.3) is 0 Å². The molecule has 1 aromatic rings. The second-order valence-electron chi connectivity index (χ2n) is 8.81. The van der Waals surface area contributed by atoms with Crippen LogP contribution in [0.2, 0.25) is 0 Å². The van der Waals surface area contributed by atoms with Gasteiger partial charge >= 0.3 is 6.18 Å². The lowest BCUT2D eigenvalue weighted by Gasteiger charge is -2.38. The lowest BCUT2D eigenvalue weighted by Crippen LogP contribution is -2.50. The zero-order valence-corrected chi connectivity index (χ0v) is 21.4. The fourth-order valence-electron chi connectivity index (χ4n) is 3.55. The predicted octanol–water partition coefficient (Wildman–Crippen LogP) is 3.05. The number of hydrogen-bond acceptors (Lipinski definition) is 5. The molecule has 1 saturated heterocycles. The van der Waals surface area contributed by atoms with Gasteiger partial charge in [0.1, 0.15) is 12.4 Å². The van der Waals surface area contributed by atoms with Crippen molar-refractivity contribution in [2.24, 2.45) is 5.73 Å². The minimum atomic E-state index is -4.38. The number of benzene rings is 1. The number of hydrogen-bond donors (Lipinski definition) is 3. The Labute approximate surface area is 213 Å². The zero-order chi connectivity index (χ0) is 28.3.